The summed E-state index contributed by atoms with van der Waals surface area (Å²) in [5.74, 6) is 0. The molecule has 3 heteroatoms. The summed E-state index contributed by atoms with van der Waals surface area (Å²) in [5, 5.41) is 12.6. The summed E-state index contributed by atoms with van der Waals surface area (Å²) in [5.41, 5.74) is 2.84. The van der Waals surface area contributed by atoms with Crippen molar-refractivity contribution in [2.45, 2.75) is 32.2 Å². The molecule has 1 saturated heterocycles. The lowest BCUT2D eigenvalue weighted by atomic mass is 10.0. The molecule has 1 aromatic carbocycles. The first kappa shape index (κ1) is 12.9. The molecule has 0 radical (unpaired) electrons. The summed E-state index contributed by atoms with van der Waals surface area (Å²) >= 11 is 0. The van der Waals surface area contributed by atoms with Crippen molar-refractivity contribution in [1.29, 1.82) is 5.26 Å². The Hall–Kier alpha value is -1.53. The van der Waals surface area contributed by atoms with Gasteiger partial charge in [0.25, 0.3) is 0 Å². The smallest absolute Gasteiger partial charge is 0.101 e. The van der Waals surface area contributed by atoms with Gasteiger partial charge >= 0.3 is 0 Å². The van der Waals surface area contributed by atoms with E-state index in [0.717, 1.165) is 23.4 Å². The number of benzene rings is 1. The number of likely N-dealkylation sites (N-methyl/N-ethyl adjacent to an activating group) is 1. The predicted molar refractivity (Wildman–Crippen MR) is 74.7 cm³/mol. The first-order chi connectivity index (χ1) is 8.70. The molecule has 3 nitrogen and oxygen atoms in total. The number of nitrogens with zero attached hydrogens (tertiary/aromatic N) is 2. The van der Waals surface area contributed by atoms with Crippen LogP contribution in [0.25, 0.3) is 0 Å². The van der Waals surface area contributed by atoms with Gasteiger partial charge in [-0.3, -0.25) is 0 Å². The maximum absolute atomic E-state index is 9.13. The van der Waals surface area contributed by atoms with Gasteiger partial charge < -0.3 is 10.2 Å². The van der Waals surface area contributed by atoms with E-state index < -0.39 is 0 Å². The highest BCUT2D eigenvalue weighted by atomic mass is 15.2. The van der Waals surface area contributed by atoms with E-state index in [2.05, 4.69) is 23.3 Å². The molecule has 1 unspecified atom stereocenters. The Labute approximate surface area is 109 Å². The molecule has 1 aliphatic rings. The fourth-order valence-corrected chi connectivity index (χ4v) is 2.53. The molecule has 1 atom stereocenters. The normalized spacial score (nSPS) is 20.4. The standard InChI is InChI=1S/C15H21N3/c1-12-6-7-15(13(9-12)10-16)17-11-14-5-3-4-8-18(14)2/h6-7,9,14,17H,3-5,8,11H2,1-2H3. The van der Waals surface area contributed by atoms with Crippen molar-refractivity contribution < 1.29 is 0 Å². The molecule has 1 fully saturated rings. The summed E-state index contributed by atoms with van der Waals surface area (Å²) in [6.07, 6.45) is 3.87. The second-order valence-electron chi connectivity index (χ2n) is 5.17. The summed E-state index contributed by atoms with van der Waals surface area (Å²) < 4.78 is 0. The highest BCUT2D eigenvalue weighted by Crippen LogP contribution is 2.19. The molecule has 0 amide bonds. The number of aryl methyl sites for hydroxylation is 1. The first-order valence-corrected chi connectivity index (χ1v) is 6.65. The maximum atomic E-state index is 9.13. The molecule has 0 aliphatic carbocycles. The van der Waals surface area contributed by atoms with Crippen LogP contribution in [0.15, 0.2) is 18.2 Å². The van der Waals surface area contributed by atoms with E-state index in [0.29, 0.717) is 6.04 Å². The zero-order valence-electron chi connectivity index (χ0n) is 11.2. The minimum atomic E-state index is 0.589. The predicted octanol–water partition coefficient (Wildman–Crippen LogP) is 2.76. The average molecular weight is 243 g/mol. The van der Waals surface area contributed by atoms with Crippen LogP contribution in [0.4, 0.5) is 5.69 Å². The van der Waals surface area contributed by atoms with E-state index in [-0.39, 0.29) is 0 Å². The highest BCUT2D eigenvalue weighted by molar-refractivity contribution is 5.58. The molecule has 96 valence electrons. The van der Waals surface area contributed by atoms with Crippen LogP contribution < -0.4 is 5.32 Å². The number of anilines is 1. The molecule has 0 spiro atoms. The third-order valence-electron chi connectivity index (χ3n) is 3.75. The van der Waals surface area contributed by atoms with Gasteiger partial charge in [-0.1, -0.05) is 12.5 Å². The fourth-order valence-electron chi connectivity index (χ4n) is 2.53. The van der Waals surface area contributed by atoms with E-state index >= 15 is 0 Å². The molecule has 2 rings (SSSR count). The van der Waals surface area contributed by atoms with Crippen molar-refractivity contribution in [2.24, 2.45) is 0 Å². The lowest BCUT2D eigenvalue weighted by Gasteiger charge is -2.32. The SMILES string of the molecule is Cc1ccc(NCC2CCCCN2C)c(C#N)c1. The summed E-state index contributed by atoms with van der Waals surface area (Å²) in [4.78, 5) is 2.41. The third kappa shape index (κ3) is 3.02. The van der Waals surface area contributed by atoms with Gasteiger partial charge in [0.2, 0.25) is 0 Å². The van der Waals surface area contributed by atoms with Gasteiger partial charge in [0.05, 0.1) is 11.3 Å². The van der Waals surface area contributed by atoms with E-state index in [9.17, 15) is 0 Å². The number of rotatable bonds is 3. The Balaban J connectivity index is 1.99. The van der Waals surface area contributed by atoms with Crippen molar-refractivity contribution in [3.8, 4) is 6.07 Å². The van der Waals surface area contributed by atoms with Crippen LogP contribution in [0.5, 0.6) is 0 Å². The van der Waals surface area contributed by atoms with E-state index in [1.54, 1.807) is 0 Å². The Morgan fingerprint density at radius 1 is 1.44 bits per heavy atom. The molecule has 0 aromatic heterocycles. The van der Waals surface area contributed by atoms with E-state index in [4.69, 9.17) is 5.26 Å². The Kier molecular flexibility index (Phi) is 4.22. The fraction of sp³-hybridized carbons (Fsp3) is 0.533. The van der Waals surface area contributed by atoms with Crippen LogP contribution in [0.3, 0.4) is 0 Å². The van der Waals surface area contributed by atoms with Gasteiger partial charge in [0.1, 0.15) is 6.07 Å². The molecule has 0 bridgehead atoms. The van der Waals surface area contributed by atoms with Crippen molar-refractivity contribution in [2.75, 3.05) is 25.5 Å². The monoisotopic (exact) mass is 243 g/mol. The van der Waals surface area contributed by atoms with Crippen molar-refractivity contribution in [3.05, 3.63) is 29.3 Å². The van der Waals surface area contributed by atoms with Crippen LogP contribution >= 0.6 is 0 Å². The van der Waals surface area contributed by atoms with Crippen molar-refractivity contribution in [3.63, 3.8) is 0 Å². The van der Waals surface area contributed by atoms with Crippen LogP contribution in [0, 0.1) is 18.3 Å². The van der Waals surface area contributed by atoms with E-state index in [1.807, 2.05) is 25.1 Å². The molecular formula is C15H21N3. The minimum Gasteiger partial charge on any atom is -0.382 e. The second kappa shape index (κ2) is 5.88. The van der Waals surface area contributed by atoms with Crippen molar-refractivity contribution >= 4 is 5.69 Å². The number of hydrogen-bond donors (Lipinski definition) is 1. The van der Waals surface area contributed by atoms with Crippen LogP contribution in [0.1, 0.15) is 30.4 Å². The Morgan fingerprint density at radius 2 is 2.28 bits per heavy atom. The summed E-state index contributed by atoms with van der Waals surface area (Å²) in [6, 6.07) is 8.85. The van der Waals surface area contributed by atoms with Crippen LogP contribution in [-0.2, 0) is 0 Å². The van der Waals surface area contributed by atoms with Crippen LogP contribution in [0.2, 0.25) is 0 Å². The first-order valence-electron chi connectivity index (χ1n) is 6.65. The number of nitrogens with one attached hydrogen (secondary N) is 1. The van der Waals surface area contributed by atoms with Crippen LogP contribution in [-0.4, -0.2) is 31.1 Å². The minimum absolute atomic E-state index is 0.589. The molecule has 1 heterocycles. The average Bonchev–Trinajstić information content (AvgIpc) is 2.39. The number of hydrogen-bond acceptors (Lipinski definition) is 3. The molecule has 1 aliphatic heterocycles. The van der Waals surface area contributed by atoms with Gasteiger partial charge in [0.15, 0.2) is 0 Å². The van der Waals surface area contributed by atoms with Gasteiger partial charge in [0, 0.05) is 12.6 Å². The second-order valence-corrected chi connectivity index (χ2v) is 5.17. The number of likely N-dealkylation sites (tertiary alicyclic amines) is 1. The lowest BCUT2D eigenvalue weighted by Crippen LogP contribution is -2.40. The van der Waals surface area contributed by atoms with Gasteiger partial charge in [-0.25, -0.2) is 0 Å². The zero-order valence-corrected chi connectivity index (χ0v) is 11.2. The topological polar surface area (TPSA) is 39.1 Å². The lowest BCUT2D eigenvalue weighted by molar-refractivity contribution is 0.194. The quantitative estimate of drug-likeness (QED) is 0.887. The van der Waals surface area contributed by atoms with E-state index in [1.165, 1.54) is 25.8 Å². The highest BCUT2D eigenvalue weighted by Gasteiger charge is 2.18. The zero-order chi connectivity index (χ0) is 13.0. The number of piperidine rings is 1. The Bertz CT molecular complexity index is 448. The Morgan fingerprint density at radius 3 is 3.00 bits per heavy atom. The third-order valence-corrected chi connectivity index (χ3v) is 3.75. The molecule has 1 aromatic rings. The van der Waals surface area contributed by atoms with Crippen molar-refractivity contribution in [1.82, 2.24) is 4.90 Å². The summed E-state index contributed by atoms with van der Waals surface area (Å²) in [6.45, 7) is 4.12. The van der Waals surface area contributed by atoms with Gasteiger partial charge in [-0.15, -0.1) is 0 Å². The van der Waals surface area contributed by atoms with Gasteiger partial charge in [-0.05, 0) is 51.1 Å². The molecule has 1 N–H and O–H groups in total. The largest absolute Gasteiger partial charge is 0.382 e. The summed E-state index contributed by atoms with van der Waals surface area (Å²) in [7, 11) is 2.19. The van der Waals surface area contributed by atoms with Gasteiger partial charge in [-0.2, -0.15) is 5.26 Å². The molecular weight excluding hydrogens is 222 g/mol. The number of nitriles is 1. The molecule has 18 heavy (non-hydrogen) atoms. The molecule has 0 saturated carbocycles. The maximum Gasteiger partial charge on any atom is 0.101 e.